The molecule has 0 spiro atoms. The summed E-state index contributed by atoms with van der Waals surface area (Å²) in [5, 5.41) is 0. The Kier molecular flexibility index (Phi) is 3.50. The Labute approximate surface area is 67.7 Å². The molecule has 1 fully saturated rings. The fraction of sp³-hybridized carbons (Fsp3) is 1.00. The minimum Gasteiger partial charge on any atom is -0.362 e. The van der Waals surface area contributed by atoms with Crippen molar-refractivity contribution >= 4 is 11.6 Å². The van der Waals surface area contributed by atoms with Crippen molar-refractivity contribution in [2.45, 2.75) is 38.2 Å². The number of halogens is 1. The van der Waals surface area contributed by atoms with Crippen LogP contribution in [-0.4, -0.2) is 12.2 Å². The average Bonchev–Trinajstić information content (AvgIpc) is 2.31. The minimum absolute atomic E-state index is 0.00606. The predicted octanol–water partition coefficient (Wildman–Crippen LogP) is 2.78. The Hall–Kier alpha value is 0.250. The quantitative estimate of drug-likeness (QED) is 0.580. The first-order valence-corrected chi connectivity index (χ1v) is 4.54. The molecule has 0 aromatic heterocycles. The van der Waals surface area contributed by atoms with Crippen LogP contribution in [0.2, 0.25) is 0 Å². The van der Waals surface area contributed by atoms with E-state index in [1.54, 1.807) is 0 Å². The van der Waals surface area contributed by atoms with Crippen LogP contribution in [0.1, 0.15) is 32.6 Å². The van der Waals surface area contributed by atoms with Crippen molar-refractivity contribution < 1.29 is 4.74 Å². The Morgan fingerprint density at radius 1 is 1.60 bits per heavy atom. The second-order valence-corrected chi connectivity index (χ2v) is 3.34. The summed E-state index contributed by atoms with van der Waals surface area (Å²) in [6.45, 7) is 3.07. The zero-order valence-corrected chi connectivity index (χ0v) is 7.23. The molecule has 0 N–H and O–H groups in total. The molecule has 0 aromatic rings. The molecule has 1 aliphatic rings. The molecule has 0 saturated carbocycles. The molecule has 0 amide bonds. The topological polar surface area (TPSA) is 9.23 Å². The van der Waals surface area contributed by atoms with E-state index in [0.717, 1.165) is 13.0 Å². The van der Waals surface area contributed by atoms with Crippen molar-refractivity contribution in [3.05, 3.63) is 0 Å². The van der Waals surface area contributed by atoms with E-state index in [1.165, 1.54) is 19.3 Å². The van der Waals surface area contributed by atoms with Gasteiger partial charge in [0.1, 0.15) is 5.56 Å². The van der Waals surface area contributed by atoms with Gasteiger partial charge >= 0.3 is 0 Å². The molecule has 1 heterocycles. The first-order chi connectivity index (χ1) is 4.84. The van der Waals surface area contributed by atoms with Gasteiger partial charge in [0, 0.05) is 12.5 Å². The van der Waals surface area contributed by atoms with Crippen LogP contribution < -0.4 is 0 Å². The van der Waals surface area contributed by atoms with Gasteiger partial charge in [0.25, 0.3) is 0 Å². The molecule has 1 saturated heterocycles. The Balaban J connectivity index is 2.14. The Morgan fingerprint density at radius 3 is 2.90 bits per heavy atom. The number of ether oxygens (including phenoxy) is 1. The highest BCUT2D eigenvalue weighted by molar-refractivity contribution is 6.20. The lowest BCUT2D eigenvalue weighted by atomic mass is 10.0. The van der Waals surface area contributed by atoms with Gasteiger partial charge in [-0.05, 0) is 12.8 Å². The predicted molar refractivity (Wildman–Crippen MR) is 43.2 cm³/mol. The third-order valence-corrected chi connectivity index (χ3v) is 2.55. The van der Waals surface area contributed by atoms with Crippen molar-refractivity contribution in [2.75, 3.05) is 6.61 Å². The zero-order valence-electron chi connectivity index (χ0n) is 6.48. The van der Waals surface area contributed by atoms with E-state index < -0.39 is 0 Å². The second kappa shape index (κ2) is 4.20. The second-order valence-electron chi connectivity index (χ2n) is 2.91. The van der Waals surface area contributed by atoms with Crippen molar-refractivity contribution in [2.24, 2.45) is 5.92 Å². The molecule has 60 valence electrons. The van der Waals surface area contributed by atoms with Gasteiger partial charge in [0.2, 0.25) is 0 Å². The SMILES string of the molecule is CCCCC1CCOC1Cl. The van der Waals surface area contributed by atoms with Crippen LogP contribution in [0.5, 0.6) is 0 Å². The fourth-order valence-electron chi connectivity index (χ4n) is 1.34. The molecule has 1 rings (SSSR count). The summed E-state index contributed by atoms with van der Waals surface area (Å²) in [6, 6.07) is 0. The van der Waals surface area contributed by atoms with Crippen LogP contribution in [0.15, 0.2) is 0 Å². The first kappa shape index (κ1) is 8.35. The summed E-state index contributed by atoms with van der Waals surface area (Å²) in [4.78, 5) is 0. The van der Waals surface area contributed by atoms with Gasteiger partial charge in [0.15, 0.2) is 0 Å². The number of unbranched alkanes of at least 4 members (excludes halogenated alkanes) is 1. The lowest BCUT2D eigenvalue weighted by molar-refractivity contribution is 0.151. The number of hydrogen-bond donors (Lipinski definition) is 0. The van der Waals surface area contributed by atoms with Gasteiger partial charge in [0.05, 0.1) is 0 Å². The molecule has 2 atom stereocenters. The van der Waals surface area contributed by atoms with Crippen molar-refractivity contribution in [1.29, 1.82) is 0 Å². The molecule has 10 heavy (non-hydrogen) atoms. The maximum Gasteiger partial charge on any atom is 0.134 e. The zero-order chi connectivity index (χ0) is 7.40. The lowest BCUT2D eigenvalue weighted by Crippen LogP contribution is -2.07. The van der Waals surface area contributed by atoms with Crippen LogP contribution in [0.3, 0.4) is 0 Å². The average molecular weight is 163 g/mol. The highest BCUT2D eigenvalue weighted by atomic mass is 35.5. The maximum absolute atomic E-state index is 5.89. The van der Waals surface area contributed by atoms with Crippen LogP contribution in [-0.2, 0) is 4.74 Å². The molecular weight excluding hydrogens is 148 g/mol. The number of rotatable bonds is 3. The van der Waals surface area contributed by atoms with Crippen LogP contribution >= 0.6 is 11.6 Å². The maximum atomic E-state index is 5.89. The largest absolute Gasteiger partial charge is 0.362 e. The smallest absolute Gasteiger partial charge is 0.134 e. The summed E-state index contributed by atoms with van der Waals surface area (Å²) in [5.41, 5.74) is 0.00606. The van der Waals surface area contributed by atoms with Gasteiger partial charge in [-0.2, -0.15) is 0 Å². The van der Waals surface area contributed by atoms with E-state index in [2.05, 4.69) is 6.92 Å². The van der Waals surface area contributed by atoms with Crippen LogP contribution in [0, 0.1) is 5.92 Å². The molecule has 0 aromatic carbocycles. The van der Waals surface area contributed by atoms with Crippen LogP contribution in [0.4, 0.5) is 0 Å². The summed E-state index contributed by atoms with van der Waals surface area (Å²) < 4.78 is 5.23. The van der Waals surface area contributed by atoms with E-state index >= 15 is 0 Å². The van der Waals surface area contributed by atoms with E-state index in [9.17, 15) is 0 Å². The number of hydrogen-bond acceptors (Lipinski definition) is 1. The standard InChI is InChI=1S/C8H15ClO/c1-2-3-4-7-5-6-10-8(7)9/h7-8H,2-6H2,1H3. The minimum atomic E-state index is 0.00606. The highest BCUT2D eigenvalue weighted by Crippen LogP contribution is 2.28. The van der Waals surface area contributed by atoms with Gasteiger partial charge in [-0.3, -0.25) is 0 Å². The molecule has 1 aliphatic heterocycles. The molecule has 2 heteroatoms. The van der Waals surface area contributed by atoms with E-state index in [1.807, 2.05) is 0 Å². The molecule has 0 aliphatic carbocycles. The van der Waals surface area contributed by atoms with Crippen molar-refractivity contribution in [3.63, 3.8) is 0 Å². The molecule has 2 unspecified atom stereocenters. The summed E-state index contributed by atoms with van der Waals surface area (Å²) in [6.07, 6.45) is 4.95. The van der Waals surface area contributed by atoms with Gasteiger partial charge < -0.3 is 4.74 Å². The number of alkyl halides is 1. The molecule has 1 nitrogen and oxygen atoms in total. The van der Waals surface area contributed by atoms with Crippen molar-refractivity contribution in [1.82, 2.24) is 0 Å². The fourth-order valence-corrected chi connectivity index (χ4v) is 1.68. The van der Waals surface area contributed by atoms with Gasteiger partial charge in [-0.25, -0.2) is 0 Å². The van der Waals surface area contributed by atoms with E-state index in [0.29, 0.717) is 5.92 Å². The Bertz CT molecular complexity index is 95.3. The first-order valence-electron chi connectivity index (χ1n) is 4.10. The van der Waals surface area contributed by atoms with Crippen molar-refractivity contribution in [3.8, 4) is 0 Å². The molecule has 0 bridgehead atoms. The third kappa shape index (κ3) is 2.14. The summed E-state index contributed by atoms with van der Waals surface area (Å²) in [7, 11) is 0. The normalized spacial score (nSPS) is 33.0. The highest BCUT2D eigenvalue weighted by Gasteiger charge is 2.24. The van der Waals surface area contributed by atoms with Gasteiger partial charge in [-0.1, -0.05) is 31.4 Å². The van der Waals surface area contributed by atoms with E-state index in [-0.39, 0.29) is 5.56 Å². The van der Waals surface area contributed by atoms with Gasteiger partial charge in [-0.15, -0.1) is 0 Å². The summed E-state index contributed by atoms with van der Waals surface area (Å²) >= 11 is 5.89. The monoisotopic (exact) mass is 162 g/mol. The van der Waals surface area contributed by atoms with Crippen LogP contribution in [0.25, 0.3) is 0 Å². The lowest BCUT2D eigenvalue weighted by Gasteiger charge is -2.10. The molecular formula is C8H15ClO. The summed E-state index contributed by atoms with van der Waals surface area (Å²) in [5.74, 6) is 0.626. The third-order valence-electron chi connectivity index (χ3n) is 2.06. The molecule has 0 radical (unpaired) electrons. The Morgan fingerprint density at radius 2 is 2.40 bits per heavy atom. The van der Waals surface area contributed by atoms with E-state index in [4.69, 9.17) is 16.3 Å².